The zero-order chi connectivity index (χ0) is 13.7. The molecule has 4 nitrogen and oxygen atoms in total. The molecule has 0 radical (unpaired) electrons. The molecule has 102 valence electrons. The lowest BCUT2D eigenvalue weighted by Gasteiger charge is -2.07. The van der Waals surface area contributed by atoms with Crippen molar-refractivity contribution < 1.29 is 0 Å². The van der Waals surface area contributed by atoms with Crippen LogP contribution < -0.4 is 5.32 Å². The Kier molecular flexibility index (Phi) is 5.15. The SMILES string of the molecule is CCCNc1cc(Sc2nc(C)cs2)nc(CC)n1. The van der Waals surface area contributed by atoms with Crippen LogP contribution in [0.4, 0.5) is 5.82 Å². The van der Waals surface area contributed by atoms with Crippen LogP contribution in [-0.4, -0.2) is 21.5 Å². The van der Waals surface area contributed by atoms with Crippen molar-refractivity contribution in [2.24, 2.45) is 0 Å². The number of hydrogen-bond acceptors (Lipinski definition) is 6. The summed E-state index contributed by atoms with van der Waals surface area (Å²) in [5.41, 5.74) is 1.06. The summed E-state index contributed by atoms with van der Waals surface area (Å²) in [4.78, 5) is 13.5. The molecule has 19 heavy (non-hydrogen) atoms. The van der Waals surface area contributed by atoms with Gasteiger partial charge in [0.25, 0.3) is 0 Å². The molecule has 6 heteroatoms. The zero-order valence-corrected chi connectivity index (χ0v) is 13.1. The Morgan fingerprint density at radius 3 is 2.74 bits per heavy atom. The van der Waals surface area contributed by atoms with E-state index >= 15 is 0 Å². The lowest BCUT2D eigenvalue weighted by atomic mass is 10.4. The number of rotatable bonds is 6. The molecule has 2 aromatic rings. The number of anilines is 1. The highest BCUT2D eigenvalue weighted by Gasteiger charge is 2.07. The molecule has 0 saturated heterocycles. The summed E-state index contributed by atoms with van der Waals surface area (Å²) in [6.45, 7) is 7.15. The van der Waals surface area contributed by atoms with Crippen LogP contribution in [-0.2, 0) is 6.42 Å². The van der Waals surface area contributed by atoms with Crippen molar-refractivity contribution >= 4 is 28.9 Å². The number of aryl methyl sites for hydroxylation is 2. The molecule has 0 atom stereocenters. The van der Waals surface area contributed by atoms with Crippen molar-refractivity contribution in [3.05, 3.63) is 23.0 Å². The third-order valence-corrected chi connectivity index (χ3v) is 4.39. The van der Waals surface area contributed by atoms with Gasteiger partial charge in [0.05, 0.1) is 0 Å². The van der Waals surface area contributed by atoms with Crippen LogP contribution >= 0.6 is 23.1 Å². The average molecular weight is 294 g/mol. The first-order chi connectivity index (χ1) is 9.21. The second-order valence-corrected chi connectivity index (χ2v) is 6.27. The summed E-state index contributed by atoms with van der Waals surface area (Å²) in [6, 6.07) is 2.00. The lowest BCUT2D eigenvalue weighted by molar-refractivity contribution is 0.877. The van der Waals surface area contributed by atoms with Crippen molar-refractivity contribution in [2.45, 2.75) is 43.0 Å². The first-order valence-electron chi connectivity index (χ1n) is 6.43. The van der Waals surface area contributed by atoms with Crippen molar-refractivity contribution in [3.63, 3.8) is 0 Å². The van der Waals surface area contributed by atoms with Gasteiger partial charge in [0.2, 0.25) is 0 Å². The Labute approximate surface area is 122 Å². The van der Waals surface area contributed by atoms with Gasteiger partial charge in [0.15, 0.2) is 4.34 Å². The molecule has 0 fully saturated rings. The second-order valence-electron chi connectivity index (χ2n) is 4.14. The normalized spacial score (nSPS) is 10.7. The maximum absolute atomic E-state index is 4.54. The van der Waals surface area contributed by atoms with E-state index in [1.54, 1.807) is 23.1 Å². The van der Waals surface area contributed by atoms with Crippen molar-refractivity contribution in [1.82, 2.24) is 15.0 Å². The second kappa shape index (κ2) is 6.86. The Bertz CT molecular complexity index is 539. The fourth-order valence-electron chi connectivity index (χ4n) is 1.50. The third kappa shape index (κ3) is 4.18. The Morgan fingerprint density at radius 1 is 1.26 bits per heavy atom. The van der Waals surface area contributed by atoms with E-state index in [1.807, 2.05) is 13.0 Å². The lowest BCUT2D eigenvalue weighted by Crippen LogP contribution is -2.05. The van der Waals surface area contributed by atoms with Gasteiger partial charge in [-0.1, -0.05) is 13.8 Å². The zero-order valence-electron chi connectivity index (χ0n) is 11.4. The van der Waals surface area contributed by atoms with Gasteiger partial charge < -0.3 is 5.32 Å². The van der Waals surface area contributed by atoms with Crippen LogP contribution in [0.3, 0.4) is 0 Å². The van der Waals surface area contributed by atoms with Crippen LogP contribution in [0, 0.1) is 6.92 Å². The monoisotopic (exact) mass is 294 g/mol. The van der Waals surface area contributed by atoms with Crippen molar-refractivity contribution in [3.8, 4) is 0 Å². The van der Waals surface area contributed by atoms with Crippen molar-refractivity contribution in [1.29, 1.82) is 0 Å². The first kappa shape index (κ1) is 14.3. The van der Waals surface area contributed by atoms with E-state index in [-0.39, 0.29) is 0 Å². The fourth-order valence-corrected chi connectivity index (χ4v) is 3.30. The molecular formula is C13H18N4S2. The van der Waals surface area contributed by atoms with Crippen LogP contribution in [0.15, 0.2) is 20.8 Å². The third-order valence-electron chi connectivity index (χ3n) is 2.41. The summed E-state index contributed by atoms with van der Waals surface area (Å²) in [6.07, 6.45) is 1.92. The molecular weight excluding hydrogens is 276 g/mol. The number of aromatic nitrogens is 3. The van der Waals surface area contributed by atoms with Gasteiger partial charge in [0, 0.05) is 30.1 Å². The van der Waals surface area contributed by atoms with E-state index in [1.165, 1.54) is 0 Å². The number of thiazole rings is 1. The summed E-state index contributed by atoms with van der Waals surface area (Å²) < 4.78 is 1.03. The molecule has 2 heterocycles. The molecule has 0 aromatic carbocycles. The highest BCUT2D eigenvalue weighted by atomic mass is 32.2. The number of nitrogens with zero attached hydrogens (tertiary/aromatic N) is 3. The standard InChI is InChI=1S/C13H18N4S2/c1-4-6-14-11-7-12(17-10(5-2)16-11)19-13-15-9(3)8-18-13/h7-8H,4-6H2,1-3H3,(H,14,16,17). The predicted molar refractivity (Wildman–Crippen MR) is 81.2 cm³/mol. The molecule has 0 saturated carbocycles. The summed E-state index contributed by atoms with van der Waals surface area (Å²) in [7, 11) is 0. The predicted octanol–water partition coefficient (Wildman–Crippen LogP) is 3.78. The van der Waals surface area contributed by atoms with E-state index in [4.69, 9.17) is 0 Å². The Hall–Kier alpha value is -1.14. The Balaban J connectivity index is 2.18. The average Bonchev–Trinajstić information content (AvgIpc) is 2.81. The van der Waals surface area contributed by atoms with Crippen LogP contribution in [0.2, 0.25) is 0 Å². The molecule has 1 N–H and O–H groups in total. The topological polar surface area (TPSA) is 50.7 Å². The summed E-state index contributed by atoms with van der Waals surface area (Å²) in [5.74, 6) is 1.78. The maximum Gasteiger partial charge on any atom is 0.156 e. The molecule has 2 rings (SSSR count). The minimum atomic E-state index is 0.839. The van der Waals surface area contributed by atoms with Crippen molar-refractivity contribution in [2.75, 3.05) is 11.9 Å². The highest BCUT2D eigenvalue weighted by molar-refractivity contribution is 8.01. The fraction of sp³-hybridized carbons (Fsp3) is 0.462. The summed E-state index contributed by atoms with van der Waals surface area (Å²) >= 11 is 3.25. The smallest absolute Gasteiger partial charge is 0.156 e. The molecule has 0 spiro atoms. The highest BCUT2D eigenvalue weighted by Crippen LogP contribution is 2.30. The minimum absolute atomic E-state index is 0.839. The first-order valence-corrected chi connectivity index (χ1v) is 8.12. The molecule has 0 aliphatic heterocycles. The number of nitrogens with one attached hydrogen (secondary N) is 1. The molecule has 2 aromatic heterocycles. The molecule has 0 amide bonds. The van der Waals surface area contributed by atoms with Gasteiger partial charge in [0.1, 0.15) is 16.7 Å². The van der Waals surface area contributed by atoms with E-state index in [0.717, 1.165) is 46.1 Å². The van der Waals surface area contributed by atoms with E-state index in [2.05, 4.69) is 39.5 Å². The Morgan fingerprint density at radius 2 is 2.11 bits per heavy atom. The van der Waals surface area contributed by atoms with E-state index in [9.17, 15) is 0 Å². The maximum atomic E-state index is 4.54. The van der Waals surface area contributed by atoms with Gasteiger partial charge in [-0.05, 0) is 25.1 Å². The van der Waals surface area contributed by atoms with Crippen LogP contribution in [0.1, 0.15) is 31.8 Å². The van der Waals surface area contributed by atoms with Gasteiger partial charge in [-0.2, -0.15) is 0 Å². The summed E-state index contributed by atoms with van der Waals surface area (Å²) in [5, 5.41) is 6.33. The molecule has 0 bridgehead atoms. The van der Waals surface area contributed by atoms with Gasteiger partial charge in [-0.15, -0.1) is 11.3 Å². The quantitative estimate of drug-likeness (QED) is 0.822. The van der Waals surface area contributed by atoms with Gasteiger partial charge in [-0.25, -0.2) is 15.0 Å². The van der Waals surface area contributed by atoms with Crippen LogP contribution in [0.5, 0.6) is 0 Å². The molecule has 0 unspecified atom stereocenters. The van der Waals surface area contributed by atoms with E-state index < -0.39 is 0 Å². The minimum Gasteiger partial charge on any atom is -0.370 e. The molecule has 0 aliphatic carbocycles. The molecule has 0 aliphatic rings. The largest absolute Gasteiger partial charge is 0.370 e. The van der Waals surface area contributed by atoms with Gasteiger partial charge in [-0.3, -0.25) is 0 Å². The van der Waals surface area contributed by atoms with E-state index in [0.29, 0.717) is 0 Å². The number of hydrogen-bond donors (Lipinski definition) is 1. The van der Waals surface area contributed by atoms with Gasteiger partial charge >= 0.3 is 0 Å². The van der Waals surface area contributed by atoms with Crippen LogP contribution in [0.25, 0.3) is 0 Å².